The molecule has 20 heteroatoms. The average molecular weight is 1040 g/mol. The summed E-state index contributed by atoms with van der Waals surface area (Å²) in [4.78, 5) is 52.6. The Labute approximate surface area is 444 Å². The number of alkyl carbamates (subject to hydrolysis) is 1. The molecule has 20 nitrogen and oxygen atoms in total. The number of carbonyl (C=O) groups is 2. The Balaban J connectivity index is 0.000000182. The number of aromatic amines is 1. The molecule has 3 fully saturated rings. The minimum absolute atomic E-state index is 0.0278. The molecule has 402 valence electrons. The fraction of sp³-hybridized carbons (Fsp3) is 0.554. The molecule has 0 radical (unpaired) electrons. The summed E-state index contributed by atoms with van der Waals surface area (Å²) < 4.78 is 13.6. The van der Waals surface area contributed by atoms with E-state index in [4.69, 9.17) is 46.0 Å². The van der Waals surface area contributed by atoms with Crippen molar-refractivity contribution in [2.75, 3.05) is 78.6 Å². The van der Waals surface area contributed by atoms with Crippen molar-refractivity contribution < 1.29 is 19.1 Å². The van der Waals surface area contributed by atoms with Gasteiger partial charge < -0.3 is 45.9 Å². The number of fused-ring (bicyclic) bond motifs is 4. The highest BCUT2D eigenvalue weighted by Crippen LogP contribution is 2.44. The summed E-state index contributed by atoms with van der Waals surface area (Å²) in [6.07, 6.45) is 12.0. The predicted molar refractivity (Wildman–Crippen MR) is 294 cm³/mol. The number of hydrogen-bond acceptors (Lipinski definition) is 16. The number of nitrogens with two attached hydrogens (primary N) is 2. The maximum Gasteiger partial charge on any atom is 0.407 e. The van der Waals surface area contributed by atoms with Gasteiger partial charge in [-0.25, -0.2) is 29.4 Å². The second-order valence-electron chi connectivity index (χ2n) is 23.3. The molecular weight excluding hydrogens is 961 g/mol. The van der Waals surface area contributed by atoms with Crippen LogP contribution in [0.3, 0.4) is 0 Å². The number of hydrogen-bond donors (Lipinski definition) is 4. The highest BCUT2D eigenvalue weighted by Gasteiger charge is 2.35. The molecular formula is C56H74N16O4. The van der Waals surface area contributed by atoms with E-state index >= 15 is 0 Å². The maximum atomic E-state index is 12.2. The van der Waals surface area contributed by atoms with E-state index in [0.717, 1.165) is 160 Å². The Morgan fingerprint density at radius 2 is 1.45 bits per heavy atom. The number of piperidine rings is 2. The summed E-state index contributed by atoms with van der Waals surface area (Å²) in [6.45, 7) is 21.6. The summed E-state index contributed by atoms with van der Waals surface area (Å²) in [5.74, 6) is 3.51. The van der Waals surface area contributed by atoms with Crippen molar-refractivity contribution in [2.45, 2.75) is 130 Å². The van der Waals surface area contributed by atoms with E-state index < -0.39 is 11.5 Å². The molecule has 3 atom stereocenters. The van der Waals surface area contributed by atoms with Crippen molar-refractivity contribution in [2.24, 2.45) is 22.3 Å². The van der Waals surface area contributed by atoms with Crippen LogP contribution >= 0.6 is 0 Å². The van der Waals surface area contributed by atoms with Crippen LogP contribution < -0.4 is 36.4 Å². The number of ether oxygens (including phenoxy) is 2. The van der Waals surface area contributed by atoms with Crippen LogP contribution in [-0.2, 0) is 9.47 Å². The van der Waals surface area contributed by atoms with Gasteiger partial charge in [-0.3, -0.25) is 9.89 Å². The maximum absolute atomic E-state index is 12.2. The number of nitrogens with one attached hydrogen (secondary N) is 2. The molecule has 3 saturated heterocycles. The van der Waals surface area contributed by atoms with Crippen LogP contribution in [0.15, 0.2) is 48.8 Å². The number of nitrogens with zero attached hydrogens (tertiary/aromatic N) is 12. The van der Waals surface area contributed by atoms with Gasteiger partial charge in [-0.05, 0) is 155 Å². The summed E-state index contributed by atoms with van der Waals surface area (Å²) in [5, 5.41) is 25.3. The van der Waals surface area contributed by atoms with Crippen molar-refractivity contribution in [3.8, 4) is 6.07 Å². The van der Waals surface area contributed by atoms with Gasteiger partial charge in [-0.2, -0.15) is 10.4 Å². The molecule has 5 aliphatic rings. The zero-order valence-electron chi connectivity index (χ0n) is 45.2. The molecule has 3 unspecified atom stereocenters. The fourth-order valence-electron chi connectivity index (χ4n) is 11.2. The Morgan fingerprint density at radius 1 is 0.829 bits per heavy atom. The largest absolute Gasteiger partial charge is 0.444 e. The third-order valence-corrected chi connectivity index (χ3v) is 16.4. The molecule has 0 saturated carbocycles. The Kier molecular flexibility index (Phi) is 14.6. The van der Waals surface area contributed by atoms with Gasteiger partial charge in [-0.1, -0.05) is 27.7 Å². The first-order valence-corrected chi connectivity index (χ1v) is 27.2. The number of carbonyl (C=O) groups excluding carboxylic acids is 2. The highest BCUT2D eigenvalue weighted by atomic mass is 16.6. The fourth-order valence-corrected chi connectivity index (χ4v) is 11.2. The zero-order chi connectivity index (χ0) is 53.5. The summed E-state index contributed by atoms with van der Waals surface area (Å²) in [7, 11) is 0. The van der Waals surface area contributed by atoms with Gasteiger partial charge in [0.25, 0.3) is 0 Å². The molecule has 11 rings (SSSR count). The van der Waals surface area contributed by atoms with Gasteiger partial charge in [0, 0.05) is 69.4 Å². The number of amides is 2. The minimum Gasteiger partial charge on any atom is -0.444 e. The molecule has 0 bridgehead atoms. The number of primary amides is 1. The van der Waals surface area contributed by atoms with Crippen LogP contribution in [-0.4, -0.2) is 116 Å². The number of rotatable bonds is 9. The van der Waals surface area contributed by atoms with E-state index in [1.165, 1.54) is 0 Å². The highest BCUT2D eigenvalue weighted by molar-refractivity contribution is 5.95. The van der Waals surface area contributed by atoms with Gasteiger partial charge >= 0.3 is 6.09 Å². The molecule has 2 amide bonds. The van der Waals surface area contributed by atoms with Crippen LogP contribution in [0.25, 0.3) is 22.3 Å². The standard InChI is InChI=1S/C33H44N8O3.C23H30N8O/c1-22-11-14-40(25-10-9-23(19-34)18-24(22)25)30-28-29(41(38-30)27-8-6-7-17-43-27)37-26(20-35-28)39-15-12-33(5,13-16-39)21-36-31(42)44-32(2,3)4;1-14-5-8-31(17-4-3-15(20(25)32)11-16(14)17)22-19-21(28-29-22)27-18(12-26-19)30-9-6-23(2,13-24)7-10-30/h9-10,18,20,22,27H,6-8,11-17,21H2,1-5H3,(H,36,42);3-4,11-12,14H,5-10,13,24H2,1-2H3,(H2,25,32)(H,27,28,29). The van der Waals surface area contributed by atoms with E-state index in [2.05, 4.69) is 68.9 Å². The Hall–Kier alpha value is -7.11. The van der Waals surface area contributed by atoms with Gasteiger partial charge in [0.1, 0.15) is 17.2 Å². The molecule has 76 heavy (non-hydrogen) atoms. The van der Waals surface area contributed by atoms with Crippen LogP contribution in [0.1, 0.15) is 151 Å². The number of anilines is 6. The van der Waals surface area contributed by atoms with Crippen LogP contribution in [0.4, 0.5) is 39.4 Å². The lowest BCUT2D eigenvalue weighted by atomic mass is 9.80. The van der Waals surface area contributed by atoms with Gasteiger partial charge in [-0.15, -0.1) is 5.10 Å². The average Bonchev–Trinajstić information content (AvgIpc) is 4.05. The number of H-pyrrole nitrogens is 1. The molecule has 6 N–H and O–H groups in total. The van der Waals surface area contributed by atoms with Crippen LogP contribution in [0.5, 0.6) is 0 Å². The summed E-state index contributed by atoms with van der Waals surface area (Å²) in [6, 6.07) is 13.8. The van der Waals surface area contributed by atoms with Gasteiger partial charge in [0.05, 0.1) is 24.0 Å². The number of aromatic nitrogens is 8. The molecule has 9 heterocycles. The molecule has 6 aromatic rings. The third-order valence-electron chi connectivity index (χ3n) is 16.4. The van der Waals surface area contributed by atoms with E-state index in [9.17, 15) is 14.9 Å². The minimum atomic E-state index is -0.516. The third kappa shape index (κ3) is 10.8. The van der Waals surface area contributed by atoms with Gasteiger partial charge in [0.15, 0.2) is 40.2 Å². The van der Waals surface area contributed by atoms with E-state index in [-0.39, 0.29) is 23.2 Å². The Bertz CT molecular complexity index is 3130. The predicted octanol–water partition coefficient (Wildman–Crippen LogP) is 8.84. The topological polar surface area (TPSA) is 251 Å². The van der Waals surface area contributed by atoms with E-state index in [1.807, 2.05) is 68.2 Å². The number of benzene rings is 2. The molecule has 4 aromatic heterocycles. The van der Waals surface area contributed by atoms with Crippen molar-refractivity contribution in [1.82, 2.24) is 45.2 Å². The first-order chi connectivity index (χ1) is 36.4. The lowest BCUT2D eigenvalue weighted by molar-refractivity contribution is -0.0368. The molecule has 2 aromatic carbocycles. The van der Waals surface area contributed by atoms with Crippen molar-refractivity contribution in [1.29, 1.82) is 5.26 Å². The van der Waals surface area contributed by atoms with Crippen molar-refractivity contribution in [3.05, 3.63) is 71.0 Å². The summed E-state index contributed by atoms with van der Waals surface area (Å²) in [5.41, 5.74) is 19.6. The lowest BCUT2D eigenvalue weighted by Crippen LogP contribution is -2.46. The van der Waals surface area contributed by atoms with E-state index in [1.54, 1.807) is 6.07 Å². The SMILES string of the molecule is CC1CCN(c2n[nH]c3nc(N4CCC(C)(CN)CC4)cnc23)c2ccc(C(N)=O)cc21.CC1CCN(c2nn(C3CCCCO3)c3nc(N4CCC(C)(CNC(=O)OC(C)(C)C)CC4)cnc23)c2ccc(C#N)cc21. The summed E-state index contributed by atoms with van der Waals surface area (Å²) >= 11 is 0. The lowest BCUT2D eigenvalue weighted by Gasteiger charge is -2.40. The second-order valence-corrected chi connectivity index (χ2v) is 23.3. The van der Waals surface area contributed by atoms with Crippen LogP contribution in [0, 0.1) is 22.2 Å². The molecule has 0 spiro atoms. The molecule has 5 aliphatic heterocycles. The van der Waals surface area contributed by atoms with Crippen molar-refractivity contribution >= 4 is 69.0 Å². The normalized spacial score (nSPS) is 21.3. The smallest absolute Gasteiger partial charge is 0.407 e. The Morgan fingerprint density at radius 3 is 2.07 bits per heavy atom. The zero-order valence-corrected chi connectivity index (χ0v) is 45.2. The van der Waals surface area contributed by atoms with Gasteiger partial charge in [0.2, 0.25) is 5.91 Å². The second kappa shape index (κ2) is 21.1. The molecule has 0 aliphatic carbocycles. The first-order valence-electron chi connectivity index (χ1n) is 27.2. The first kappa shape index (κ1) is 52.3. The number of nitriles is 1. The monoisotopic (exact) mass is 1030 g/mol. The van der Waals surface area contributed by atoms with Crippen LogP contribution in [0.2, 0.25) is 0 Å². The van der Waals surface area contributed by atoms with Crippen molar-refractivity contribution in [3.63, 3.8) is 0 Å². The van der Waals surface area contributed by atoms with E-state index in [0.29, 0.717) is 48.3 Å². The quantitative estimate of drug-likeness (QED) is 0.106.